The van der Waals surface area contributed by atoms with Crippen molar-refractivity contribution in [3.05, 3.63) is 74.9 Å². The maximum Gasteiger partial charge on any atom is 0.316 e. The molecule has 1 aromatic heterocycles. The number of hydrogen-bond donors (Lipinski definition) is 1. The zero-order chi connectivity index (χ0) is 22.7. The number of hydrogen-bond acceptors (Lipinski definition) is 6. The first-order chi connectivity index (χ1) is 15.4. The Kier molecular flexibility index (Phi) is 6.62. The van der Waals surface area contributed by atoms with E-state index in [9.17, 15) is 9.18 Å². The normalized spacial score (nSPS) is 13.8. The summed E-state index contributed by atoms with van der Waals surface area (Å²) in [4.78, 5) is 18.8. The Morgan fingerprint density at radius 3 is 2.72 bits per heavy atom. The number of nitrogens with zero attached hydrogens (tertiary/aromatic N) is 3. The summed E-state index contributed by atoms with van der Waals surface area (Å²) in [5, 5.41) is 3.57. The molecule has 1 saturated heterocycles. The molecule has 7 nitrogen and oxygen atoms in total. The van der Waals surface area contributed by atoms with Crippen LogP contribution >= 0.6 is 11.6 Å². The van der Waals surface area contributed by atoms with E-state index in [2.05, 4.69) is 21.3 Å². The maximum absolute atomic E-state index is 13.8. The predicted octanol–water partition coefficient (Wildman–Crippen LogP) is 3.98. The lowest BCUT2D eigenvalue weighted by Gasteiger charge is -2.29. The largest absolute Gasteiger partial charge is 0.490 e. The first-order valence-corrected chi connectivity index (χ1v) is 10.6. The Hall–Kier alpha value is -3.10. The molecular formula is C23H24ClFN4O3. The molecule has 0 bridgehead atoms. The standard InChI is InChI=1S/C23H24ClFN4O3/c1-15-3-4-19(28-5-7-32-8-6-28)12-20(15)26-23-27-22(30)21(31-2)14-29(23)13-16-9-17(24)11-18(25)10-16/h3-4,9-12,14H,5-8,13H2,1-2H3,(H,26,27,30). The molecule has 0 atom stereocenters. The van der Waals surface area contributed by atoms with E-state index in [-0.39, 0.29) is 12.3 Å². The van der Waals surface area contributed by atoms with Crippen LogP contribution < -0.4 is 20.5 Å². The number of aryl methyl sites for hydroxylation is 1. The second kappa shape index (κ2) is 9.58. The van der Waals surface area contributed by atoms with Crippen molar-refractivity contribution in [2.45, 2.75) is 13.5 Å². The summed E-state index contributed by atoms with van der Waals surface area (Å²) in [7, 11) is 1.41. The van der Waals surface area contributed by atoms with Gasteiger partial charge in [-0.1, -0.05) is 17.7 Å². The maximum atomic E-state index is 13.8. The van der Waals surface area contributed by atoms with Crippen molar-refractivity contribution in [2.75, 3.05) is 43.6 Å². The molecule has 3 aromatic rings. The molecule has 32 heavy (non-hydrogen) atoms. The minimum absolute atomic E-state index is 0.0943. The van der Waals surface area contributed by atoms with E-state index < -0.39 is 11.4 Å². The van der Waals surface area contributed by atoms with Crippen molar-refractivity contribution in [3.63, 3.8) is 0 Å². The SMILES string of the molecule is COc1cn(Cc2cc(F)cc(Cl)c2)c(Nc2cc(N3CCOCC3)ccc2C)nc1=O. The van der Waals surface area contributed by atoms with Gasteiger partial charge in [0.1, 0.15) is 5.82 Å². The monoisotopic (exact) mass is 458 g/mol. The molecule has 0 spiro atoms. The van der Waals surface area contributed by atoms with Crippen LogP contribution in [0.25, 0.3) is 0 Å². The van der Waals surface area contributed by atoms with Crippen LogP contribution in [-0.2, 0) is 11.3 Å². The fourth-order valence-corrected chi connectivity index (χ4v) is 3.86. The van der Waals surface area contributed by atoms with Crippen molar-refractivity contribution in [1.29, 1.82) is 0 Å². The van der Waals surface area contributed by atoms with Crippen molar-refractivity contribution in [2.24, 2.45) is 0 Å². The minimum atomic E-state index is -0.495. The van der Waals surface area contributed by atoms with Crippen LogP contribution in [0.15, 0.2) is 47.4 Å². The molecule has 0 radical (unpaired) electrons. The summed E-state index contributed by atoms with van der Waals surface area (Å²) >= 11 is 6.01. The van der Waals surface area contributed by atoms with Gasteiger partial charge in [-0.15, -0.1) is 0 Å². The molecule has 0 unspecified atom stereocenters. The van der Waals surface area contributed by atoms with E-state index in [0.29, 0.717) is 29.7 Å². The molecule has 0 aliphatic carbocycles. The zero-order valence-electron chi connectivity index (χ0n) is 17.9. The molecule has 0 saturated carbocycles. The van der Waals surface area contributed by atoms with Crippen LogP contribution in [0.5, 0.6) is 5.75 Å². The fourth-order valence-electron chi connectivity index (χ4n) is 3.62. The van der Waals surface area contributed by atoms with E-state index in [0.717, 1.165) is 30.0 Å². The summed E-state index contributed by atoms with van der Waals surface area (Å²) in [6, 6.07) is 10.4. The lowest BCUT2D eigenvalue weighted by atomic mass is 10.1. The van der Waals surface area contributed by atoms with Gasteiger partial charge in [0.15, 0.2) is 0 Å². The van der Waals surface area contributed by atoms with E-state index in [4.69, 9.17) is 21.1 Å². The van der Waals surface area contributed by atoms with E-state index >= 15 is 0 Å². The van der Waals surface area contributed by atoms with Gasteiger partial charge in [0, 0.05) is 29.5 Å². The highest BCUT2D eigenvalue weighted by atomic mass is 35.5. The number of rotatable bonds is 6. The third-order valence-electron chi connectivity index (χ3n) is 5.30. The van der Waals surface area contributed by atoms with Gasteiger partial charge in [-0.05, 0) is 48.4 Å². The van der Waals surface area contributed by atoms with Crippen molar-refractivity contribution < 1.29 is 13.9 Å². The molecular weight excluding hydrogens is 435 g/mol. The summed E-state index contributed by atoms with van der Waals surface area (Å²) in [5.41, 5.74) is 3.00. The Morgan fingerprint density at radius 2 is 2.00 bits per heavy atom. The summed E-state index contributed by atoms with van der Waals surface area (Å²) in [6.07, 6.45) is 1.55. The number of benzene rings is 2. The molecule has 1 N–H and O–H groups in total. The quantitative estimate of drug-likeness (QED) is 0.602. The van der Waals surface area contributed by atoms with Crippen LogP contribution in [0, 0.1) is 12.7 Å². The molecule has 2 heterocycles. The number of nitrogens with one attached hydrogen (secondary N) is 1. The zero-order valence-corrected chi connectivity index (χ0v) is 18.7. The minimum Gasteiger partial charge on any atom is -0.490 e. The number of morpholine rings is 1. The van der Waals surface area contributed by atoms with Crippen molar-refractivity contribution in [3.8, 4) is 5.75 Å². The fraction of sp³-hybridized carbons (Fsp3) is 0.304. The van der Waals surface area contributed by atoms with Gasteiger partial charge in [-0.25, -0.2) is 4.39 Å². The average Bonchev–Trinajstić information content (AvgIpc) is 2.77. The summed E-state index contributed by atoms with van der Waals surface area (Å²) in [5.74, 6) is -0.0210. The molecule has 4 rings (SSSR count). The van der Waals surface area contributed by atoms with Gasteiger partial charge in [0.2, 0.25) is 11.7 Å². The van der Waals surface area contributed by atoms with Crippen molar-refractivity contribution in [1.82, 2.24) is 9.55 Å². The number of methoxy groups -OCH3 is 1. The van der Waals surface area contributed by atoms with Crippen LogP contribution in [0.4, 0.5) is 21.7 Å². The Bertz CT molecular complexity index is 1160. The second-order valence-corrected chi connectivity index (χ2v) is 8.00. The van der Waals surface area contributed by atoms with Gasteiger partial charge in [0.25, 0.3) is 0 Å². The number of anilines is 3. The molecule has 2 aromatic carbocycles. The van der Waals surface area contributed by atoms with Crippen molar-refractivity contribution >= 4 is 28.9 Å². The van der Waals surface area contributed by atoms with Gasteiger partial charge < -0.3 is 24.3 Å². The molecule has 1 aliphatic rings. The topological polar surface area (TPSA) is 68.6 Å². The van der Waals surface area contributed by atoms with Gasteiger partial charge >= 0.3 is 5.56 Å². The summed E-state index contributed by atoms with van der Waals surface area (Å²) in [6.45, 7) is 5.22. The molecule has 168 valence electrons. The highest BCUT2D eigenvalue weighted by Crippen LogP contribution is 2.27. The van der Waals surface area contributed by atoms with E-state index in [1.807, 2.05) is 19.1 Å². The number of ether oxygens (including phenoxy) is 2. The Labute approximate surface area is 190 Å². The number of aromatic nitrogens is 2. The first-order valence-electron chi connectivity index (χ1n) is 10.2. The smallest absolute Gasteiger partial charge is 0.316 e. The lowest BCUT2D eigenvalue weighted by Crippen LogP contribution is -2.36. The van der Waals surface area contributed by atoms with Crippen LogP contribution in [0.2, 0.25) is 5.02 Å². The number of halogens is 2. The van der Waals surface area contributed by atoms with Crippen LogP contribution in [0.1, 0.15) is 11.1 Å². The first kappa shape index (κ1) is 22.1. The molecule has 1 aliphatic heterocycles. The Morgan fingerprint density at radius 1 is 1.22 bits per heavy atom. The van der Waals surface area contributed by atoms with Crippen LogP contribution in [0.3, 0.4) is 0 Å². The molecule has 9 heteroatoms. The molecule has 0 amide bonds. The van der Waals surface area contributed by atoms with Gasteiger partial charge in [0.05, 0.1) is 33.1 Å². The Balaban J connectivity index is 1.70. The third-order valence-corrected chi connectivity index (χ3v) is 5.52. The second-order valence-electron chi connectivity index (χ2n) is 7.57. The van der Waals surface area contributed by atoms with Gasteiger partial charge in [-0.2, -0.15) is 4.98 Å². The van der Waals surface area contributed by atoms with Gasteiger partial charge in [-0.3, -0.25) is 4.79 Å². The third kappa shape index (κ3) is 5.03. The van der Waals surface area contributed by atoms with E-state index in [1.165, 1.54) is 19.2 Å². The highest BCUT2D eigenvalue weighted by Gasteiger charge is 2.15. The lowest BCUT2D eigenvalue weighted by molar-refractivity contribution is 0.122. The summed E-state index contributed by atoms with van der Waals surface area (Å²) < 4.78 is 26.1. The average molecular weight is 459 g/mol. The highest BCUT2D eigenvalue weighted by molar-refractivity contribution is 6.30. The van der Waals surface area contributed by atoms with Crippen LogP contribution in [-0.4, -0.2) is 43.0 Å². The predicted molar refractivity (Wildman–Crippen MR) is 123 cm³/mol. The van der Waals surface area contributed by atoms with E-state index in [1.54, 1.807) is 16.8 Å². The molecule has 1 fully saturated rings.